The summed E-state index contributed by atoms with van der Waals surface area (Å²) in [5.41, 5.74) is 0. The lowest BCUT2D eigenvalue weighted by atomic mass is 10.1. The van der Waals surface area contributed by atoms with Gasteiger partial charge in [-0.05, 0) is 19.3 Å². The third-order valence-corrected chi connectivity index (χ3v) is 5.27. The Morgan fingerprint density at radius 2 is 1.67 bits per heavy atom. The molecule has 2 aliphatic heterocycles. The van der Waals surface area contributed by atoms with Crippen LogP contribution in [0.15, 0.2) is 11.6 Å². The van der Waals surface area contributed by atoms with Crippen LogP contribution in [0.5, 0.6) is 0 Å². The molecule has 3 heterocycles. The zero-order valence-electron chi connectivity index (χ0n) is 13.9. The molecule has 0 spiro atoms. The van der Waals surface area contributed by atoms with E-state index in [1.54, 1.807) is 6.20 Å². The van der Waals surface area contributed by atoms with Crippen LogP contribution in [0, 0.1) is 0 Å². The van der Waals surface area contributed by atoms with Gasteiger partial charge in [0.15, 0.2) is 5.13 Å². The molecule has 1 N–H and O–H groups in total. The van der Waals surface area contributed by atoms with Crippen molar-refractivity contribution in [2.45, 2.75) is 19.3 Å². The summed E-state index contributed by atoms with van der Waals surface area (Å²) in [5.74, 6) is 0.229. The second-order valence-corrected chi connectivity index (χ2v) is 7.27. The Hall–Kier alpha value is -1.51. The molecule has 0 atom stereocenters. The van der Waals surface area contributed by atoms with Crippen molar-refractivity contribution in [1.82, 2.24) is 19.7 Å². The summed E-state index contributed by atoms with van der Waals surface area (Å²) in [6, 6.07) is 0. The number of nitrogens with zero attached hydrogens (tertiary/aromatic N) is 4. The molecule has 1 aromatic rings. The molecular weight excluding hydrogens is 326 g/mol. The molecule has 0 bridgehead atoms. The number of hydrogen-bond acceptors (Lipinski definition) is 6. The van der Waals surface area contributed by atoms with E-state index >= 15 is 0 Å². The van der Waals surface area contributed by atoms with Crippen LogP contribution in [0.1, 0.15) is 19.3 Å². The maximum atomic E-state index is 12.3. The predicted octanol–water partition coefficient (Wildman–Crippen LogP) is 0.712. The van der Waals surface area contributed by atoms with Gasteiger partial charge in [0.05, 0.1) is 13.1 Å². The fraction of sp³-hybridized carbons (Fsp3) is 0.688. The zero-order chi connectivity index (χ0) is 16.8. The van der Waals surface area contributed by atoms with Gasteiger partial charge in [0.25, 0.3) is 0 Å². The molecule has 2 amide bonds. The molecule has 0 unspecified atom stereocenters. The van der Waals surface area contributed by atoms with Crippen LogP contribution in [0.25, 0.3) is 0 Å². The van der Waals surface area contributed by atoms with E-state index in [1.807, 2.05) is 10.3 Å². The van der Waals surface area contributed by atoms with Gasteiger partial charge in [-0.3, -0.25) is 19.4 Å². The summed E-state index contributed by atoms with van der Waals surface area (Å²) in [7, 11) is 0. The van der Waals surface area contributed by atoms with Crippen LogP contribution in [-0.2, 0) is 9.59 Å². The highest BCUT2D eigenvalue weighted by atomic mass is 32.1. The van der Waals surface area contributed by atoms with Gasteiger partial charge in [0.1, 0.15) is 0 Å². The molecule has 2 saturated heterocycles. The van der Waals surface area contributed by atoms with E-state index in [9.17, 15) is 9.59 Å². The van der Waals surface area contributed by atoms with E-state index < -0.39 is 0 Å². The van der Waals surface area contributed by atoms with Crippen molar-refractivity contribution in [3.63, 3.8) is 0 Å². The summed E-state index contributed by atoms with van der Waals surface area (Å²) in [5, 5.41) is 5.29. The summed E-state index contributed by atoms with van der Waals surface area (Å²) in [6.45, 7) is 6.03. The lowest BCUT2D eigenvalue weighted by Gasteiger charge is -2.35. The van der Waals surface area contributed by atoms with Crippen LogP contribution in [0.2, 0.25) is 0 Å². The lowest BCUT2D eigenvalue weighted by Crippen LogP contribution is -2.51. The number of carbonyl (C=O) groups excluding carboxylic acids is 2. The average molecular weight is 351 g/mol. The van der Waals surface area contributed by atoms with Crippen molar-refractivity contribution < 1.29 is 9.59 Å². The quantitative estimate of drug-likeness (QED) is 0.846. The van der Waals surface area contributed by atoms with E-state index in [0.29, 0.717) is 18.2 Å². The second kappa shape index (κ2) is 8.55. The maximum absolute atomic E-state index is 12.3. The zero-order valence-corrected chi connectivity index (χ0v) is 14.8. The molecule has 132 valence electrons. The largest absolute Gasteiger partial charge is 0.342 e. The molecule has 0 radical (unpaired) electrons. The smallest absolute Gasteiger partial charge is 0.240 e. The highest BCUT2D eigenvalue weighted by Crippen LogP contribution is 2.11. The summed E-state index contributed by atoms with van der Waals surface area (Å²) in [4.78, 5) is 34.7. The Morgan fingerprint density at radius 3 is 2.29 bits per heavy atom. The van der Waals surface area contributed by atoms with Crippen molar-refractivity contribution >= 4 is 28.3 Å². The van der Waals surface area contributed by atoms with Crippen LogP contribution in [-0.4, -0.2) is 83.9 Å². The highest BCUT2D eigenvalue weighted by molar-refractivity contribution is 7.13. The van der Waals surface area contributed by atoms with E-state index in [-0.39, 0.29) is 11.8 Å². The van der Waals surface area contributed by atoms with Crippen molar-refractivity contribution in [2.75, 3.05) is 57.7 Å². The fourth-order valence-corrected chi connectivity index (χ4v) is 3.73. The molecule has 7 nitrogen and oxygen atoms in total. The van der Waals surface area contributed by atoms with E-state index in [0.717, 1.165) is 52.1 Å². The van der Waals surface area contributed by atoms with Gasteiger partial charge in [0, 0.05) is 50.8 Å². The minimum absolute atomic E-state index is 0.0252. The molecule has 24 heavy (non-hydrogen) atoms. The van der Waals surface area contributed by atoms with Crippen LogP contribution >= 0.6 is 11.3 Å². The minimum atomic E-state index is -0.0252. The number of anilines is 1. The number of carbonyl (C=O) groups is 2. The van der Waals surface area contributed by atoms with Gasteiger partial charge in [-0.1, -0.05) is 0 Å². The Bertz CT molecular complexity index is 537. The summed E-state index contributed by atoms with van der Waals surface area (Å²) in [6.07, 6.45) is 5.19. The van der Waals surface area contributed by atoms with Gasteiger partial charge < -0.3 is 10.2 Å². The molecule has 2 fully saturated rings. The monoisotopic (exact) mass is 351 g/mol. The summed E-state index contributed by atoms with van der Waals surface area (Å²) >= 11 is 1.42. The van der Waals surface area contributed by atoms with Gasteiger partial charge >= 0.3 is 0 Å². The number of hydrogen-bond donors (Lipinski definition) is 1. The van der Waals surface area contributed by atoms with Crippen LogP contribution in [0.4, 0.5) is 5.13 Å². The molecule has 0 aliphatic carbocycles. The second-order valence-electron chi connectivity index (χ2n) is 6.38. The first kappa shape index (κ1) is 17.3. The van der Waals surface area contributed by atoms with Crippen molar-refractivity contribution in [3.05, 3.63) is 11.6 Å². The predicted molar refractivity (Wildman–Crippen MR) is 94.1 cm³/mol. The topological polar surface area (TPSA) is 68.8 Å². The van der Waals surface area contributed by atoms with E-state index in [1.165, 1.54) is 17.8 Å². The molecule has 2 aliphatic rings. The standard InChI is InChI=1S/C16H25N5O2S/c22-14(18-16-17-4-11-24-16)12-19-7-9-20(10-8-19)13-15(23)21-5-2-1-3-6-21/h4,11H,1-3,5-10,12-13H2,(H,17,18,22). The lowest BCUT2D eigenvalue weighted by molar-refractivity contribution is -0.134. The molecule has 1 aromatic heterocycles. The third-order valence-electron chi connectivity index (χ3n) is 4.58. The van der Waals surface area contributed by atoms with Gasteiger partial charge in [-0.15, -0.1) is 11.3 Å². The van der Waals surface area contributed by atoms with Crippen LogP contribution < -0.4 is 5.32 Å². The van der Waals surface area contributed by atoms with Gasteiger partial charge in [-0.25, -0.2) is 4.98 Å². The number of thiazole rings is 1. The number of piperidine rings is 1. The average Bonchev–Trinajstić information content (AvgIpc) is 3.10. The Balaban J connectivity index is 1.36. The first-order valence-electron chi connectivity index (χ1n) is 8.62. The van der Waals surface area contributed by atoms with E-state index in [2.05, 4.69) is 20.1 Å². The normalized spacial score (nSPS) is 20.1. The molecule has 3 rings (SSSR count). The highest BCUT2D eigenvalue weighted by Gasteiger charge is 2.23. The Labute approximate surface area is 146 Å². The minimum Gasteiger partial charge on any atom is -0.342 e. The number of amides is 2. The van der Waals surface area contributed by atoms with Gasteiger partial charge in [-0.2, -0.15) is 0 Å². The molecule has 0 aromatic carbocycles. The number of piperazine rings is 1. The SMILES string of the molecule is O=C(CN1CCN(CC(=O)N2CCCCC2)CC1)Nc1nccs1. The van der Waals surface area contributed by atoms with Crippen molar-refractivity contribution in [3.8, 4) is 0 Å². The first-order valence-corrected chi connectivity index (χ1v) is 9.50. The third kappa shape index (κ3) is 4.99. The van der Waals surface area contributed by atoms with Gasteiger partial charge in [0.2, 0.25) is 11.8 Å². The number of nitrogens with one attached hydrogen (secondary N) is 1. The maximum Gasteiger partial charge on any atom is 0.240 e. The Kier molecular flexibility index (Phi) is 6.17. The van der Waals surface area contributed by atoms with E-state index in [4.69, 9.17) is 0 Å². The molecule has 8 heteroatoms. The number of rotatable bonds is 5. The van der Waals surface area contributed by atoms with Crippen molar-refractivity contribution in [2.24, 2.45) is 0 Å². The Morgan fingerprint density at radius 1 is 1.00 bits per heavy atom. The first-order chi connectivity index (χ1) is 11.7. The molecular formula is C16H25N5O2S. The fourth-order valence-electron chi connectivity index (χ4n) is 3.19. The molecule has 0 saturated carbocycles. The van der Waals surface area contributed by atoms with Crippen LogP contribution in [0.3, 0.4) is 0 Å². The number of likely N-dealkylation sites (tertiary alicyclic amines) is 1. The van der Waals surface area contributed by atoms with Crippen molar-refractivity contribution in [1.29, 1.82) is 0 Å². The summed E-state index contributed by atoms with van der Waals surface area (Å²) < 4.78 is 0. The number of aromatic nitrogens is 1.